The van der Waals surface area contributed by atoms with Crippen LogP contribution in [0.2, 0.25) is 0 Å². The Bertz CT molecular complexity index is 464. The van der Waals surface area contributed by atoms with E-state index in [2.05, 4.69) is 26.5 Å². The second kappa shape index (κ2) is 5.54. The fourth-order valence-electron chi connectivity index (χ4n) is 1.46. The topological polar surface area (TPSA) is 63.8 Å². The van der Waals surface area contributed by atoms with E-state index < -0.39 is 0 Å². The normalized spacial score (nSPS) is 10.7. The molecule has 5 nitrogen and oxygen atoms in total. The van der Waals surface area contributed by atoms with Crippen LogP contribution in [0.1, 0.15) is 23.0 Å². The molecule has 0 saturated heterocycles. The maximum absolute atomic E-state index is 5.02. The number of rotatable bonds is 5. The Hall–Kier alpha value is -1.75. The Labute approximate surface area is 100 Å². The van der Waals surface area contributed by atoms with Crippen LogP contribution in [0.15, 0.2) is 22.9 Å². The average Bonchev–Trinajstić information content (AvgIpc) is 2.73. The van der Waals surface area contributed by atoms with Crippen molar-refractivity contribution in [3.05, 3.63) is 41.3 Å². The molecule has 17 heavy (non-hydrogen) atoms. The minimum Gasteiger partial charge on any atom is -0.339 e. The second-order valence-electron chi connectivity index (χ2n) is 3.99. The van der Waals surface area contributed by atoms with Gasteiger partial charge in [0.25, 0.3) is 0 Å². The van der Waals surface area contributed by atoms with Crippen molar-refractivity contribution in [1.82, 2.24) is 20.4 Å². The van der Waals surface area contributed by atoms with E-state index in [0.29, 0.717) is 11.7 Å². The van der Waals surface area contributed by atoms with Gasteiger partial charge < -0.3 is 9.84 Å². The zero-order valence-corrected chi connectivity index (χ0v) is 10.1. The average molecular weight is 232 g/mol. The third kappa shape index (κ3) is 3.64. The number of hydrogen-bond acceptors (Lipinski definition) is 5. The van der Waals surface area contributed by atoms with Crippen molar-refractivity contribution in [2.24, 2.45) is 0 Å². The Balaban J connectivity index is 1.71. The lowest BCUT2D eigenvalue weighted by molar-refractivity contribution is 0.372. The Morgan fingerprint density at radius 1 is 1.29 bits per heavy atom. The highest BCUT2D eigenvalue weighted by atomic mass is 16.5. The number of pyridine rings is 1. The predicted molar refractivity (Wildman–Crippen MR) is 63.4 cm³/mol. The summed E-state index contributed by atoms with van der Waals surface area (Å²) in [5.74, 6) is 1.35. The molecule has 0 radical (unpaired) electrons. The quantitative estimate of drug-likeness (QED) is 0.790. The number of aryl methyl sites for hydroxylation is 2. The molecule has 0 saturated carbocycles. The Morgan fingerprint density at radius 3 is 2.82 bits per heavy atom. The molecule has 90 valence electrons. The number of aromatic nitrogens is 3. The van der Waals surface area contributed by atoms with Crippen molar-refractivity contribution in [3.8, 4) is 0 Å². The molecule has 2 rings (SSSR count). The number of nitrogens with zero attached hydrogens (tertiary/aromatic N) is 3. The number of nitrogens with one attached hydrogen (secondary N) is 1. The summed E-state index contributed by atoms with van der Waals surface area (Å²) in [5, 5.41) is 7.03. The third-order valence-corrected chi connectivity index (χ3v) is 2.36. The van der Waals surface area contributed by atoms with Gasteiger partial charge in [-0.15, -0.1) is 0 Å². The predicted octanol–water partition coefficient (Wildman–Crippen LogP) is 1.41. The molecule has 0 unspecified atom stereocenters. The van der Waals surface area contributed by atoms with Gasteiger partial charge in [-0.2, -0.15) is 4.98 Å². The molecule has 0 bridgehead atoms. The van der Waals surface area contributed by atoms with Crippen LogP contribution in [0.25, 0.3) is 0 Å². The SMILES string of the molecule is Cc1ccc(CNCCc2nc(C)no2)nc1. The molecule has 2 aromatic heterocycles. The van der Waals surface area contributed by atoms with Crippen molar-refractivity contribution < 1.29 is 4.52 Å². The van der Waals surface area contributed by atoms with Crippen molar-refractivity contribution >= 4 is 0 Å². The second-order valence-corrected chi connectivity index (χ2v) is 3.99. The first-order valence-electron chi connectivity index (χ1n) is 5.65. The molecular weight excluding hydrogens is 216 g/mol. The molecule has 0 fully saturated rings. The first-order valence-corrected chi connectivity index (χ1v) is 5.65. The third-order valence-electron chi connectivity index (χ3n) is 2.36. The van der Waals surface area contributed by atoms with Gasteiger partial charge in [-0.25, -0.2) is 0 Å². The van der Waals surface area contributed by atoms with Crippen molar-refractivity contribution in [2.45, 2.75) is 26.8 Å². The van der Waals surface area contributed by atoms with Gasteiger partial charge in [-0.05, 0) is 25.5 Å². The molecule has 0 spiro atoms. The van der Waals surface area contributed by atoms with Gasteiger partial charge in [0.15, 0.2) is 5.82 Å². The summed E-state index contributed by atoms with van der Waals surface area (Å²) in [6.45, 7) is 5.41. The van der Waals surface area contributed by atoms with E-state index in [4.69, 9.17) is 4.52 Å². The van der Waals surface area contributed by atoms with Crippen molar-refractivity contribution in [3.63, 3.8) is 0 Å². The molecule has 0 aromatic carbocycles. The van der Waals surface area contributed by atoms with Gasteiger partial charge >= 0.3 is 0 Å². The van der Waals surface area contributed by atoms with Crippen LogP contribution in [0.4, 0.5) is 0 Å². The van der Waals surface area contributed by atoms with Gasteiger partial charge in [-0.3, -0.25) is 4.98 Å². The molecule has 2 heterocycles. The summed E-state index contributed by atoms with van der Waals surface area (Å²) in [6.07, 6.45) is 2.62. The number of hydrogen-bond donors (Lipinski definition) is 1. The molecule has 0 atom stereocenters. The van der Waals surface area contributed by atoms with Crippen LogP contribution in [0, 0.1) is 13.8 Å². The standard InChI is InChI=1S/C12H16N4O/c1-9-3-4-11(14-7-9)8-13-6-5-12-15-10(2)16-17-12/h3-4,7,13H,5-6,8H2,1-2H3. The van der Waals surface area contributed by atoms with Gasteiger partial charge in [-0.1, -0.05) is 11.2 Å². The van der Waals surface area contributed by atoms with E-state index in [0.717, 1.165) is 25.2 Å². The molecule has 1 N–H and O–H groups in total. The molecule has 5 heteroatoms. The Kier molecular flexibility index (Phi) is 3.82. The van der Waals surface area contributed by atoms with E-state index in [1.54, 1.807) is 0 Å². The van der Waals surface area contributed by atoms with Gasteiger partial charge in [0.1, 0.15) is 0 Å². The molecule has 0 amide bonds. The van der Waals surface area contributed by atoms with Crippen molar-refractivity contribution in [2.75, 3.05) is 6.54 Å². The van der Waals surface area contributed by atoms with E-state index >= 15 is 0 Å². The highest BCUT2D eigenvalue weighted by Crippen LogP contribution is 1.99. The van der Waals surface area contributed by atoms with E-state index in [-0.39, 0.29) is 0 Å². The summed E-state index contributed by atoms with van der Waals surface area (Å²) in [5.41, 5.74) is 2.22. The highest BCUT2D eigenvalue weighted by molar-refractivity contribution is 5.11. The van der Waals surface area contributed by atoms with Gasteiger partial charge in [0.2, 0.25) is 5.89 Å². The molecule has 2 aromatic rings. The summed E-state index contributed by atoms with van der Waals surface area (Å²) in [6, 6.07) is 4.09. The lowest BCUT2D eigenvalue weighted by atomic mass is 10.3. The first kappa shape index (κ1) is 11.7. The lowest BCUT2D eigenvalue weighted by Gasteiger charge is -2.02. The van der Waals surface area contributed by atoms with E-state index in [9.17, 15) is 0 Å². The summed E-state index contributed by atoms with van der Waals surface area (Å²) in [4.78, 5) is 8.45. The van der Waals surface area contributed by atoms with Gasteiger partial charge in [0.05, 0.1) is 5.69 Å². The van der Waals surface area contributed by atoms with Crippen LogP contribution < -0.4 is 5.32 Å². The largest absolute Gasteiger partial charge is 0.339 e. The van der Waals surface area contributed by atoms with E-state index in [1.165, 1.54) is 5.56 Å². The minimum absolute atomic E-state index is 0.673. The van der Waals surface area contributed by atoms with Crippen LogP contribution in [0.3, 0.4) is 0 Å². The van der Waals surface area contributed by atoms with Gasteiger partial charge in [0, 0.05) is 25.7 Å². The molecule has 0 aliphatic rings. The molecular formula is C12H16N4O. The van der Waals surface area contributed by atoms with Crippen LogP contribution in [0.5, 0.6) is 0 Å². The summed E-state index contributed by atoms with van der Waals surface area (Å²) in [7, 11) is 0. The summed E-state index contributed by atoms with van der Waals surface area (Å²) < 4.78 is 5.02. The lowest BCUT2D eigenvalue weighted by Crippen LogP contribution is -2.17. The molecule has 0 aliphatic carbocycles. The zero-order chi connectivity index (χ0) is 12.1. The first-order chi connectivity index (χ1) is 8.24. The van der Waals surface area contributed by atoms with Crippen LogP contribution >= 0.6 is 0 Å². The zero-order valence-electron chi connectivity index (χ0n) is 10.1. The van der Waals surface area contributed by atoms with Crippen molar-refractivity contribution in [1.29, 1.82) is 0 Å². The van der Waals surface area contributed by atoms with E-state index in [1.807, 2.05) is 26.1 Å². The smallest absolute Gasteiger partial charge is 0.227 e. The minimum atomic E-state index is 0.673. The monoisotopic (exact) mass is 232 g/mol. The van der Waals surface area contributed by atoms with Crippen LogP contribution in [-0.2, 0) is 13.0 Å². The van der Waals surface area contributed by atoms with Crippen LogP contribution in [-0.4, -0.2) is 21.7 Å². The summed E-state index contributed by atoms with van der Waals surface area (Å²) >= 11 is 0. The fraction of sp³-hybridized carbons (Fsp3) is 0.417. The maximum Gasteiger partial charge on any atom is 0.227 e. The maximum atomic E-state index is 5.02. The Morgan fingerprint density at radius 2 is 2.18 bits per heavy atom. The highest BCUT2D eigenvalue weighted by Gasteiger charge is 2.01. The fourth-order valence-corrected chi connectivity index (χ4v) is 1.46. The molecule has 0 aliphatic heterocycles.